The van der Waals surface area contributed by atoms with Crippen LogP contribution >= 0.6 is 43.5 Å². The van der Waals surface area contributed by atoms with Crippen LogP contribution in [0.15, 0.2) is 39.4 Å². The van der Waals surface area contributed by atoms with Gasteiger partial charge in [0.25, 0.3) is 0 Å². The van der Waals surface area contributed by atoms with Crippen LogP contribution in [-0.2, 0) is 6.54 Å². The zero-order valence-electron chi connectivity index (χ0n) is 10.2. The molecule has 0 radical (unpaired) electrons. The summed E-state index contributed by atoms with van der Waals surface area (Å²) in [5.74, 6) is -0.543. The first-order chi connectivity index (χ1) is 9.47. The van der Waals surface area contributed by atoms with E-state index >= 15 is 0 Å². The lowest BCUT2D eigenvalue weighted by Gasteiger charge is -2.09. The van der Waals surface area contributed by atoms with E-state index in [4.69, 9.17) is 17.3 Å². The van der Waals surface area contributed by atoms with Crippen molar-refractivity contribution in [2.45, 2.75) is 6.54 Å². The van der Waals surface area contributed by atoms with Crippen LogP contribution in [0.25, 0.3) is 0 Å². The average Bonchev–Trinajstić information content (AvgIpc) is 2.37. The summed E-state index contributed by atoms with van der Waals surface area (Å²) in [6.07, 6.45) is 1.73. The Hall–Kier alpha value is -1.11. The fourth-order valence-electron chi connectivity index (χ4n) is 1.58. The number of carbonyl (C=O) groups is 1. The van der Waals surface area contributed by atoms with E-state index in [1.807, 2.05) is 6.07 Å². The zero-order chi connectivity index (χ0) is 14.7. The highest BCUT2D eigenvalue weighted by molar-refractivity contribution is 9.11. The normalized spacial score (nSPS) is 10.3. The maximum Gasteiger partial charge on any atom is 0.250 e. The molecule has 20 heavy (non-hydrogen) atoms. The third kappa shape index (κ3) is 3.71. The van der Waals surface area contributed by atoms with Crippen LogP contribution in [0.5, 0.6) is 0 Å². The van der Waals surface area contributed by atoms with Gasteiger partial charge in [-0.3, -0.25) is 9.78 Å². The van der Waals surface area contributed by atoms with Gasteiger partial charge in [0, 0.05) is 20.8 Å². The van der Waals surface area contributed by atoms with Gasteiger partial charge in [-0.15, -0.1) is 0 Å². The Kier molecular flexibility index (Phi) is 5.01. The van der Waals surface area contributed by atoms with Crippen molar-refractivity contribution in [3.8, 4) is 0 Å². The number of halogens is 3. The number of nitrogens with one attached hydrogen (secondary N) is 1. The maximum absolute atomic E-state index is 11.1. The van der Waals surface area contributed by atoms with Crippen molar-refractivity contribution in [3.63, 3.8) is 0 Å². The van der Waals surface area contributed by atoms with Gasteiger partial charge in [-0.05, 0) is 56.1 Å². The van der Waals surface area contributed by atoms with Crippen molar-refractivity contribution >= 4 is 55.1 Å². The number of nitrogens with zero attached hydrogens (tertiary/aromatic N) is 1. The molecule has 0 fully saturated rings. The lowest BCUT2D eigenvalue weighted by molar-refractivity contribution is 0.100. The van der Waals surface area contributed by atoms with Crippen LogP contribution in [0, 0.1) is 0 Å². The molecule has 0 aliphatic carbocycles. The minimum Gasteiger partial charge on any atom is -0.379 e. The quantitative estimate of drug-likeness (QED) is 0.788. The first-order valence-corrected chi connectivity index (χ1v) is 7.57. The molecule has 104 valence electrons. The Bertz CT molecular complexity index is 664. The van der Waals surface area contributed by atoms with E-state index in [0.29, 0.717) is 17.1 Å². The van der Waals surface area contributed by atoms with Crippen LogP contribution in [0.2, 0.25) is 5.02 Å². The third-order valence-corrected chi connectivity index (χ3v) is 4.01. The number of rotatable bonds is 4. The van der Waals surface area contributed by atoms with E-state index in [2.05, 4.69) is 42.2 Å². The van der Waals surface area contributed by atoms with E-state index in [9.17, 15) is 4.79 Å². The molecular weight excluding hydrogens is 409 g/mol. The lowest BCUT2D eigenvalue weighted by Crippen LogP contribution is -2.11. The Labute approximate surface area is 138 Å². The second kappa shape index (κ2) is 6.56. The van der Waals surface area contributed by atoms with Gasteiger partial charge in [-0.25, -0.2) is 0 Å². The van der Waals surface area contributed by atoms with E-state index in [1.54, 1.807) is 24.4 Å². The van der Waals surface area contributed by atoms with Crippen LogP contribution < -0.4 is 11.1 Å². The standard InChI is InChI=1S/C13H10Br2ClN3O/c14-7-3-10(15)12(19-5-7)6-18-8-1-2-9(13(17)20)11(16)4-8/h1-5,18H,6H2,(H2,17,20). The molecule has 3 N–H and O–H groups in total. The average molecular weight is 420 g/mol. The molecule has 7 heteroatoms. The molecule has 1 amide bonds. The van der Waals surface area contributed by atoms with Gasteiger partial charge in [-0.1, -0.05) is 11.6 Å². The Balaban J connectivity index is 2.11. The van der Waals surface area contributed by atoms with Crippen LogP contribution in [0.4, 0.5) is 5.69 Å². The minimum atomic E-state index is -0.543. The first-order valence-electron chi connectivity index (χ1n) is 5.60. The van der Waals surface area contributed by atoms with Gasteiger partial charge in [0.05, 0.1) is 22.8 Å². The molecule has 0 saturated carbocycles. The van der Waals surface area contributed by atoms with Crippen molar-refractivity contribution in [3.05, 3.63) is 55.7 Å². The van der Waals surface area contributed by atoms with Crippen molar-refractivity contribution in [1.29, 1.82) is 0 Å². The molecule has 1 heterocycles. The molecule has 1 aromatic carbocycles. The highest BCUT2D eigenvalue weighted by Gasteiger charge is 2.08. The molecular formula is C13H10Br2ClN3O. The second-order valence-corrected chi connectivity index (χ2v) is 6.17. The van der Waals surface area contributed by atoms with Crippen molar-refractivity contribution in [1.82, 2.24) is 4.98 Å². The predicted molar refractivity (Wildman–Crippen MR) is 86.9 cm³/mol. The number of aromatic nitrogens is 1. The van der Waals surface area contributed by atoms with E-state index in [1.165, 1.54) is 0 Å². The van der Waals surface area contributed by atoms with E-state index < -0.39 is 5.91 Å². The van der Waals surface area contributed by atoms with Gasteiger partial charge in [-0.2, -0.15) is 0 Å². The molecule has 2 rings (SSSR count). The summed E-state index contributed by atoms with van der Waals surface area (Å²) in [4.78, 5) is 15.4. The molecule has 0 saturated heterocycles. The monoisotopic (exact) mass is 417 g/mol. The fourth-order valence-corrected chi connectivity index (χ4v) is 2.98. The molecule has 0 atom stereocenters. The third-order valence-electron chi connectivity index (χ3n) is 2.58. The first kappa shape index (κ1) is 15.3. The second-order valence-electron chi connectivity index (χ2n) is 3.99. The summed E-state index contributed by atoms with van der Waals surface area (Å²) in [5.41, 5.74) is 7.16. The topological polar surface area (TPSA) is 68.0 Å². The Morgan fingerprint density at radius 2 is 2.10 bits per heavy atom. The summed E-state index contributed by atoms with van der Waals surface area (Å²) in [7, 11) is 0. The maximum atomic E-state index is 11.1. The van der Waals surface area contributed by atoms with E-state index in [-0.39, 0.29) is 0 Å². The smallest absolute Gasteiger partial charge is 0.250 e. The lowest BCUT2D eigenvalue weighted by atomic mass is 10.2. The van der Waals surface area contributed by atoms with Crippen molar-refractivity contribution < 1.29 is 4.79 Å². The molecule has 2 aromatic rings. The molecule has 0 unspecified atom stereocenters. The van der Waals surface area contributed by atoms with Crippen molar-refractivity contribution in [2.24, 2.45) is 5.73 Å². The molecule has 0 aliphatic rings. The number of benzene rings is 1. The number of carbonyl (C=O) groups excluding carboxylic acids is 1. The molecule has 0 bridgehead atoms. The van der Waals surface area contributed by atoms with Gasteiger partial charge >= 0.3 is 0 Å². The molecule has 4 nitrogen and oxygen atoms in total. The SMILES string of the molecule is NC(=O)c1ccc(NCc2ncc(Br)cc2Br)cc1Cl. The molecule has 0 spiro atoms. The minimum absolute atomic E-state index is 0.306. The zero-order valence-corrected chi connectivity index (χ0v) is 14.1. The Morgan fingerprint density at radius 3 is 2.70 bits per heavy atom. The van der Waals surface area contributed by atoms with Crippen molar-refractivity contribution in [2.75, 3.05) is 5.32 Å². The number of nitrogens with two attached hydrogens (primary N) is 1. The number of hydrogen-bond acceptors (Lipinski definition) is 3. The van der Waals surface area contributed by atoms with Gasteiger partial charge in [0.1, 0.15) is 0 Å². The fraction of sp³-hybridized carbons (Fsp3) is 0.0769. The largest absolute Gasteiger partial charge is 0.379 e. The number of anilines is 1. The van der Waals surface area contributed by atoms with Crippen LogP contribution in [0.3, 0.4) is 0 Å². The van der Waals surface area contributed by atoms with E-state index in [0.717, 1.165) is 20.3 Å². The van der Waals surface area contributed by atoms with Gasteiger partial charge in [0.15, 0.2) is 0 Å². The van der Waals surface area contributed by atoms with Crippen LogP contribution in [0.1, 0.15) is 16.1 Å². The predicted octanol–water partition coefficient (Wildman–Crippen LogP) is 3.97. The number of amides is 1. The summed E-state index contributed by atoms with van der Waals surface area (Å²) in [6.45, 7) is 0.528. The summed E-state index contributed by atoms with van der Waals surface area (Å²) >= 11 is 12.8. The highest BCUT2D eigenvalue weighted by Crippen LogP contribution is 2.23. The van der Waals surface area contributed by atoms with Gasteiger partial charge in [0.2, 0.25) is 5.91 Å². The number of primary amides is 1. The summed E-state index contributed by atoms with van der Waals surface area (Å²) < 4.78 is 1.81. The number of hydrogen-bond donors (Lipinski definition) is 2. The Morgan fingerprint density at radius 1 is 1.35 bits per heavy atom. The van der Waals surface area contributed by atoms with Gasteiger partial charge < -0.3 is 11.1 Å². The summed E-state index contributed by atoms with van der Waals surface area (Å²) in [5, 5.41) is 3.51. The van der Waals surface area contributed by atoms with Crippen LogP contribution in [-0.4, -0.2) is 10.9 Å². The molecule has 1 aromatic heterocycles. The summed E-state index contributed by atoms with van der Waals surface area (Å²) in [6, 6.07) is 6.93. The molecule has 0 aliphatic heterocycles. The number of pyridine rings is 1. The highest BCUT2D eigenvalue weighted by atomic mass is 79.9.